The summed E-state index contributed by atoms with van der Waals surface area (Å²) in [6.07, 6.45) is 5.72. The van der Waals surface area contributed by atoms with Crippen LogP contribution in [0.15, 0.2) is 42.5 Å². The number of amides is 1. The van der Waals surface area contributed by atoms with Crippen LogP contribution >= 0.6 is 0 Å². The zero-order valence-electron chi connectivity index (χ0n) is 11.7. The Labute approximate surface area is 119 Å². The largest absolute Gasteiger partial charge is 0.326 e. The first-order chi connectivity index (χ1) is 9.58. The molecule has 0 fully saturated rings. The van der Waals surface area contributed by atoms with E-state index in [9.17, 15) is 4.79 Å². The van der Waals surface area contributed by atoms with Crippen molar-refractivity contribution >= 4 is 11.6 Å². The van der Waals surface area contributed by atoms with Gasteiger partial charge in [-0.15, -0.1) is 6.42 Å². The highest BCUT2D eigenvalue weighted by Crippen LogP contribution is 2.14. The second-order valence-corrected chi connectivity index (χ2v) is 4.88. The van der Waals surface area contributed by atoms with Crippen LogP contribution in [0, 0.1) is 26.2 Å². The molecular weight excluding hydrogens is 246 g/mol. The second kappa shape index (κ2) is 6.08. The van der Waals surface area contributed by atoms with Crippen molar-refractivity contribution in [2.75, 3.05) is 5.32 Å². The van der Waals surface area contributed by atoms with Crippen LogP contribution in [-0.2, 0) is 11.2 Å². The van der Waals surface area contributed by atoms with Crippen LogP contribution in [0.4, 0.5) is 5.69 Å². The van der Waals surface area contributed by atoms with Crippen LogP contribution in [0.25, 0.3) is 0 Å². The Hall–Kier alpha value is -2.53. The number of nitrogens with one attached hydrogen (secondary N) is 1. The van der Waals surface area contributed by atoms with Crippen molar-refractivity contribution < 1.29 is 4.79 Å². The van der Waals surface area contributed by atoms with Crippen LogP contribution in [0.2, 0.25) is 0 Å². The molecule has 100 valence electrons. The lowest BCUT2D eigenvalue weighted by Gasteiger charge is -2.08. The molecule has 0 saturated carbocycles. The molecule has 0 aromatic heterocycles. The number of aryl methyl sites for hydroxylation is 2. The standard InChI is InChI=1S/C18H17NO/c1-4-15-6-5-7-17(11-15)19-18(20)12-16-10-13(2)8-9-14(16)3/h1,5-11H,12H2,2-3H3,(H,19,20). The molecule has 2 nitrogen and oxygen atoms in total. The van der Waals surface area contributed by atoms with Crippen molar-refractivity contribution in [3.8, 4) is 12.3 Å². The summed E-state index contributed by atoms with van der Waals surface area (Å²) in [6.45, 7) is 4.04. The van der Waals surface area contributed by atoms with Gasteiger partial charge in [-0.05, 0) is 43.2 Å². The molecule has 20 heavy (non-hydrogen) atoms. The Balaban J connectivity index is 2.09. The van der Waals surface area contributed by atoms with E-state index in [0.717, 1.165) is 27.9 Å². The molecule has 2 rings (SSSR count). The molecule has 0 radical (unpaired) electrons. The third-order valence-electron chi connectivity index (χ3n) is 3.17. The summed E-state index contributed by atoms with van der Waals surface area (Å²) >= 11 is 0. The molecule has 0 atom stereocenters. The minimum atomic E-state index is -0.0344. The Bertz CT molecular complexity index is 680. The average molecular weight is 263 g/mol. The molecule has 0 bridgehead atoms. The fraction of sp³-hybridized carbons (Fsp3) is 0.167. The van der Waals surface area contributed by atoms with Gasteiger partial charge >= 0.3 is 0 Å². The van der Waals surface area contributed by atoms with Crippen molar-refractivity contribution in [2.24, 2.45) is 0 Å². The maximum atomic E-state index is 12.1. The van der Waals surface area contributed by atoms with Crippen LogP contribution in [0.3, 0.4) is 0 Å². The lowest BCUT2D eigenvalue weighted by atomic mass is 10.0. The number of benzene rings is 2. The molecule has 0 unspecified atom stereocenters. The predicted octanol–water partition coefficient (Wildman–Crippen LogP) is 3.47. The van der Waals surface area contributed by atoms with E-state index in [2.05, 4.69) is 11.2 Å². The Morgan fingerprint density at radius 1 is 1.20 bits per heavy atom. The Morgan fingerprint density at radius 2 is 2.00 bits per heavy atom. The van der Waals surface area contributed by atoms with E-state index in [1.165, 1.54) is 0 Å². The molecule has 2 aromatic rings. The van der Waals surface area contributed by atoms with Gasteiger partial charge in [-0.3, -0.25) is 4.79 Å². The number of anilines is 1. The van der Waals surface area contributed by atoms with Crippen LogP contribution in [-0.4, -0.2) is 5.91 Å². The molecule has 0 aliphatic carbocycles. The van der Waals surface area contributed by atoms with Crippen molar-refractivity contribution in [3.05, 3.63) is 64.7 Å². The van der Waals surface area contributed by atoms with Gasteiger partial charge in [0.15, 0.2) is 0 Å². The molecule has 0 heterocycles. The number of terminal acetylenes is 1. The van der Waals surface area contributed by atoms with Gasteiger partial charge in [0.1, 0.15) is 0 Å². The first kappa shape index (κ1) is 13.9. The molecular formula is C18H17NO. The van der Waals surface area contributed by atoms with E-state index >= 15 is 0 Å². The molecule has 0 saturated heterocycles. The number of carbonyl (C=O) groups is 1. The molecule has 2 heteroatoms. The first-order valence-corrected chi connectivity index (χ1v) is 6.51. The summed E-state index contributed by atoms with van der Waals surface area (Å²) in [4.78, 5) is 12.1. The molecule has 0 spiro atoms. The second-order valence-electron chi connectivity index (χ2n) is 4.88. The van der Waals surface area contributed by atoms with E-state index in [1.54, 1.807) is 6.07 Å². The predicted molar refractivity (Wildman–Crippen MR) is 82.6 cm³/mol. The van der Waals surface area contributed by atoms with Crippen molar-refractivity contribution in [3.63, 3.8) is 0 Å². The van der Waals surface area contributed by atoms with Crippen LogP contribution in [0.1, 0.15) is 22.3 Å². The van der Waals surface area contributed by atoms with E-state index in [1.807, 2.05) is 50.2 Å². The third-order valence-corrected chi connectivity index (χ3v) is 3.17. The summed E-state index contributed by atoms with van der Waals surface area (Å²) in [7, 11) is 0. The zero-order valence-corrected chi connectivity index (χ0v) is 11.7. The van der Waals surface area contributed by atoms with Crippen molar-refractivity contribution in [1.29, 1.82) is 0 Å². The molecule has 0 aliphatic rings. The van der Waals surface area contributed by atoms with Gasteiger partial charge in [-0.2, -0.15) is 0 Å². The Morgan fingerprint density at radius 3 is 2.75 bits per heavy atom. The monoisotopic (exact) mass is 263 g/mol. The van der Waals surface area contributed by atoms with Crippen LogP contribution < -0.4 is 5.32 Å². The van der Waals surface area contributed by atoms with E-state index in [-0.39, 0.29) is 5.91 Å². The summed E-state index contributed by atoms with van der Waals surface area (Å²) in [5.74, 6) is 2.52. The fourth-order valence-corrected chi connectivity index (χ4v) is 2.06. The van der Waals surface area contributed by atoms with E-state index in [0.29, 0.717) is 6.42 Å². The summed E-state index contributed by atoms with van der Waals surface area (Å²) < 4.78 is 0. The molecule has 1 amide bonds. The van der Waals surface area contributed by atoms with Gasteiger partial charge in [0.2, 0.25) is 5.91 Å². The van der Waals surface area contributed by atoms with Gasteiger partial charge in [0.25, 0.3) is 0 Å². The van der Waals surface area contributed by atoms with Gasteiger partial charge in [-0.25, -0.2) is 0 Å². The van der Waals surface area contributed by atoms with Crippen molar-refractivity contribution in [2.45, 2.75) is 20.3 Å². The topological polar surface area (TPSA) is 29.1 Å². The lowest BCUT2D eigenvalue weighted by molar-refractivity contribution is -0.115. The summed E-state index contributed by atoms with van der Waals surface area (Å²) in [5.41, 5.74) is 4.83. The minimum Gasteiger partial charge on any atom is -0.326 e. The van der Waals surface area contributed by atoms with E-state index in [4.69, 9.17) is 6.42 Å². The molecule has 2 aromatic carbocycles. The van der Waals surface area contributed by atoms with Crippen LogP contribution in [0.5, 0.6) is 0 Å². The van der Waals surface area contributed by atoms with E-state index < -0.39 is 0 Å². The smallest absolute Gasteiger partial charge is 0.228 e. The average Bonchev–Trinajstić information content (AvgIpc) is 2.43. The first-order valence-electron chi connectivity index (χ1n) is 6.51. The summed E-state index contributed by atoms with van der Waals surface area (Å²) in [6, 6.07) is 13.4. The number of hydrogen-bond acceptors (Lipinski definition) is 1. The maximum absolute atomic E-state index is 12.1. The summed E-state index contributed by atoms with van der Waals surface area (Å²) in [5, 5.41) is 2.88. The van der Waals surface area contributed by atoms with Gasteiger partial charge in [-0.1, -0.05) is 35.7 Å². The van der Waals surface area contributed by atoms with Gasteiger partial charge < -0.3 is 5.32 Å². The van der Waals surface area contributed by atoms with Gasteiger partial charge in [0.05, 0.1) is 6.42 Å². The highest BCUT2D eigenvalue weighted by molar-refractivity contribution is 5.92. The molecule has 1 N–H and O–H groups in total. The number of carbonyl (C=O) groups excluding carboxylic acids is 1. The Kier molecular flexibility index (Phi) is 4.22. The highest BCUT2D eigenvalue weighted by atomic mass is 16.1. The third kappa shape index (κ3) is 3.49. The van der Waals surface area contributed by atoms with Crippen molar-refractivity contribution in [1.82, 2.24) is 0 Å². The zero-order chi connectivity index (χ0) is 14.5. The number of hydrogen-bond donors (Lipinski definition) is 1. The SMILES string of the molecule is C#Cc1cccc(NC(=O)Cc2cc(C)ccc2C)c1. The highest BCUT2D eigenvalue weighted by Gasteiger charge is 2.07. The fourth-order valence-electron chi connectivity index (χ4n) is 2.06. The lowest BCUT2D eigenvalue weighted by Crippen LogP contribution is -2.15. The minimum absolute atomic E-state index is 0.0344. The van der Waals surface area contributed by atoms with Gasteiger partial charge in [0, 0.05) is 11.3 Å². The number of rotatable bonds is 3. The maximum Gasteiger partial charge on any atom is 0.228 e. The quantitative estimate of drug-likeness (QED) is 0.844. The molecule has 0 aliphatic heterocycles. The normalized spacial score (nSPS) is 9.85.